The molecule has 0 amide bonds. The molecule has 4 rings (SSSR count). The Morgan fingerprint density at radius 1 is 1.27 bits per heavy atom. The lowest BCUT2D eigenvalue weighted by molar-refractivity contribution is 0.842. The van der Waals surface area contributed by atoms with Crippen molar-refractivity contribution in [3.05, 3.63) is 63.0 Å². The number of fused-ring (bicyclic) bond motifs is 1. The molecule has 1 aromatic carbocycles. The summed E-state index contributed by atoms with van der Waals surface area (Å²) in [5.41, 5.74) is 1.15. The standard InChI is InChI=1S/C18H18N6OS/c1-3-13-9-19-17(26-13)11(2)21-18-22-15-14(16(25)23-18)10-20-24(15)12-7-5-4-6-8-12/h4-11H,3H2,1-2H3,(H2,21,22,23,25). The molecular weight excluding hydrogens is 348 g/mol. The van der Waals surface area contributed by atoms with Gasteiger partial charge < -0.3 is 5.32 Å². The van der Waals surface area contributed by atoms with Crippen molar-refractivity contribution >= 4 is 28.3 Å². The smallest absolute Gasteiger partial charge is 0.263 e. The fourth-order valence-electron chi connectivity index (χ4n) is 2.70. The summed E-state index contributed by atoms with van der Waals surface area (Å²) in [7, 11) is 0. The van der Waals surface area contributed by atoms with E-state index in [0.29, 0.717) is 17.0 Å². The highest BCUT2D eigenvalue weighted by molar-refractivity contribution is 7.11. The molecule has 2 N–H and O–H groups in total. The molecule has 3 aromatic heterocycles. The number of benzene rings is 1. The van der Waals surface area contributed by atoms with Gasteiger partial charge in [-0.05, 0) is 25.5 Å². The van der Waals surface area contributed by atoms with Crippen LogP contribution in [0.3, 0.4) is 0 Å². The minimum absolute atomic E-state index is 0.0611. The Kier molecular flexibility index (Phi) is 4.26. The number of rotatable bonds is 5. The number of aryl methyl sites for hydroxylation is 1. The molecular formula is C18H18N6OS. The second-order valence-electron chi connectivity index (χ2n) is 5.93. The second kappa shape index (κ2) is 6.72. The Hall–Kier alpha value is -3.00. The van der Waals surface area contributed by atoms with Crippen molar-refractivity contribution in [1.29, 1.82) is 0 Å². The molecule has 0 saturated carbocycles. The minimum atomic E-state index is -0.222. The zero-order chi connectivity index (χ0) is 18.1. The van der Waals surface area contributed by atoms with E-state index in [1.54, 1.807) is 16.0 Å². The SMILES string of the molecule is CCc1cnc(C(C)Nc2nc3c(cnn3-c3ccccc3)c(=O)[nH]2)s1. The zero-order valence-corrected chi connectivity index (χ0v) is 15.2. The molecule has 0 bridgehead atoms. The molecule has 1 atom stereocenters. The molecule has 0 aliphatic rings. The maximum Gasteiger partial charge on any atom is 0.263 e. The average Bonchev–Trinajstić information content (AvgIpc) is 3.29. The van der Waals surface area contributed by atoms with Gasteiger partial charge in [0.05, 0.1) is 17.9 Å². The number of hydrogen-bond donors (Lipinski definition) is 2. The molecule has 8 heteroatoms. The van der Waals surface area contributed by atoms with E-state index in [1.165, 1.54) is 11.1 Å². The van der Waals surface area contributed by atoms with Gasteiger partial charge in [-0.25, -0.2) is 9.67 Å². The van der Waals surface area contributed by atoms with E-state index in [-0.39, 0.29) is 11.6 Å². The summed E-state index contributed by atoms with van der Waals surface area (Å²) in [6.45, 7) is 4.10. The van der Waals surface area contributed by atoms with Gasteiger partial charge in [0.2, 0.25) is 5.95 Å². The van der Waals surface area contributed by atoms with E-state index >= 15 is 0 Å². The highest BCUT2D eigenvalue weighted by atomic mass is 32.1. The summed E-state index contributed by atoms with van der Waals surface area (Å²) in [5, 5.41) is 8.97. The highest BCUT2D eigenvalue weighted by Crippen LogP contribution is 2.23. The van der Waals surface area contributed by atoms with Crippen LogP contribution < -0.4 is 10.9 Å². The molecule has 3 heterocycles. The third-order valence-electron chi connectivity index (χ3n) is 4.08. The molecule has 0 aliphatic heterocycles. The first-order chi connectivity index (χ1) is 12.7. The van der Waals surface area contributed by atoms with Crippen molar-refractivity contribution in [3.63, 3.8) is 0 Å². The summed E-state index contributed by atoms with van der Waals surface area (Å²) >= 11 is 1.66. The first-order valence-corrected chi connectivity index (χ1v) is 9.22. The van der Waals surface area contributed by atoms with Gasteiger partial charge in [-0.15, -0.1) is 11.3 Å². The Morgan fingerprint density at radius 3 is 2.81 bits per heavy atom. The van der Waals surface area contributed by atoms with E-state index in [9.17, 15) is 4.79 Å². The van der Waals surface area contributed by atoms with Crippen LogP contribution in [0.1, 0.15) is 29.8 Å². The van der Waals surface area contributed by atoms with Gasteiger partial charge in [-0.1, -0.05) is 25.1 Å². The predicted molar refractivity (Wildman–Crippen MR) is 103 cm³/mol. The highest BCUT2D eigenvalue weighted by Gasteiger charge is 2.15. The van der Waals surface area contributed by atoms with Crippen molar-refractivity contribution in [2.24, 2.45) is 0 Å². The molecule has 132 valence electrons. The van der Waals surface area contributed by atoms with Gasteiger partial charge in [0.15, 0.2) is 5.65 Å². The number of nitrogens with one attached hydrogen (secondary N) is 2. The lowest BCUT2D eigenvalue weighted by Crippen LogP contribution is -2.16. The third-order valence-corrected chi connectivity index (χ3v) is 5.41. The number of para-hydroxylation sites is 1. The fourth-order valence-corrected chi connectivity index (χ4v) is 3.56. The first-order valence-electron chi connectivity index (χ1n) is 8.40. The van der Waals surface area contributed by atoms with Crippen LogP contribution in [0.4, 0.5) is 5.95 Å². The van der Waals surface area contributed by atoms with E-state index in [0.717, 1.165) is 17.1 Å². The van der Waals surface area contributed by atoms with Crippen LogP contribution >= 0.6 is 11.3 Å². The van der Waals surface area contributed by atoms with Gasteiger partial charge in [0.1, 0.15) is 10.4 Å². The van der Waals surface area contributed by atoms with Crippen LogP contribution in [0, 0.1) is 0 Å². The largest absolute Gasteiger partial charge is 0.347 e. The molecule has 1 unspecified atom stereocenters. The molecule has 0 aliphatic carbocycles. The quantitative estimate of drug-likeness (QED) is 0.566. The predicted octanol–water partition coefficient (Wildman–Crippen LogP) is 3.30. The Balaban J connectivity index is 1.71. The number of hydrogen-bond acceptors (Lipinski definition) is 6. The Bertz CT molecular complexity index is 1100. The Labute approximate surface area is 153 Å². The summed E-state index contributed by atoms with van der Waals surface area (Å²) in [5.74, 6) is 0.404. The molecule has 26 heavy (non-hydrogen) atoms. The second-order valence-corrected chi connectivity index (χ2v) is 7.07. The fraction of sp³-hybridized carbons (Fsp3) is 0.222. The average molecular weight is 366 g/mol. The topological polar surface area (TPSA) is 88.5 Å². The van der Waals surface area contributed by atoms with E-state index < -0.39 is 0 Å². The molecule has 7 nitrogen and oxygen atoms in total. The van der Waals surface area contributed by atoms with Crippen LogP contribution in [0.25, 0.3) is 16.7 Å². The molecule has 0 spiro atoms. The lowest BCUT2D eigenvalue weighted by atomic mass is 10.3. The number of aromatic amines is 1. The lowest BCUT2D eigenvalue weighted by Gasteiger charge is -2.11. The van der Waals surface area contributed by atoms with Crippen LogP contribution in [-0.4, -0.2) is 24.7 Å². The minimum Gasteiger partial charge on any atom is -0.347 e. The first kappa shape index (κ1) is 16.5. The molecule has 0 fully saturated rings. The maximum atomic E-state index is 12.4. The van der Waals surface area contributed by atoms with Gasteiger partial charge in [0, 0.05) is 11.1 Å². The van der Waals surface area contributed by atoms with Crippen molar-refractivity contribution in [3.8, 4) is 5.69 Å². The van der Waals surface area contributed by atoms with Crippen LogP contribution in [0.2, 0.25) is 0 Å². The normalized spacial score (nSPS) is 12.4. The Morgan fingerprint density at radius 2 is 2.08 bits per heavy atom. The van der Waals surface area contributed by atoms with Gasteiger partial charge in [-0.2, -0.15) is 10.1 Å². The van der Waals surface area contributed by atoms with Gasteiger partial charge in [-0.3, -0.25) is 9.78 Å². The van der Waals surface area contributed by atoms with Crippen LogP contribution in [-0.2, 0) is 6.42 Å². The number of anilines is 1. The van der Waals surface area contributed by atoms with Crippen LogP contribution in [0.15, 0.2) is 47.5 Å². The number of H-pyrrole nitrogens is 1. The third kappa shape index (κ3) is 2.99. The molecule has 4 aromatic rings. The number of nitrogens with zero attached hydrogens (tertiary/aromatic N) is 4. The van der Waals surface area contributed by atoms with Crippen molar-refractivity contribution in [1.82, 2.24) is 24.7 Å². The summed E-state index contributed by atoms with van der Waals surface area (Å²) < 4.78 is 1.67. The number of thiazole rings is 1. The van der Waals surface area contributed by atoms with Crippen molar-refractivity contribution in [2.75, 3.05) is 5.32 Å². The summed E-state index contributed by atoms with van der Waals surface area (Å²) in [6.07, 6.45) is 4.39. The van der Waals surface area contributed by atoms with Crippen molar-refractivity contribution < 1.29 is 0 Å². The summed E-state index contributed by atoms with van der Waals surface area (Å²) in [6, 6.07) is 9.56. The van der Waals surface area contributed by atoms with Crippen molar-refractivity contribution in [2.45, 2.75) is 26.3 Å². The molecule has 0 radical (unpaired) electrons. The number of aromatic nitrogens is 5. The van der Waals surface area contributed by atoms with E-state index in [2.05, 4.69) is 32.3 Å². The molecule has 0 saturated heterocycles. The van der Waals surface area contributed by atoms with Crippen LogP contribution in [0.5, 0.6) is 0 Å². The van der Waals surface area contributed by atoms with Gasteiger partial charge in [0.25, 0.3) is 5.56 Å². The summed E-state index contributed by atoms with van der Waals surface area (Å²) in [4.78, 5) is 25.4. The van der Waals surface area contributed by atoms with E-state index in [1.807, 2.05) is 43.5 Å². The maximum absolute atomic E-state index is 12.4. The zero-order valence-electron chi connectivity index (χ0n) is 14.4. The van der Waals surface area contributed by atoms with E-state index in [4.69, 9.17) is 0 Å². The van der Waals surface area contributed by atoms with Gasteiger partial charge >= 0.3 is 0 Å². The monoisotopic (exact) mass is 366 g/mol.